The SMILES string of the molecule is COC(=O)C1CC(O)CN1C(=O)c1cccc(Br)c1F. The van der Waals surface area contributed by atoms with Gasteiger partial charge in [-0.1, -0.05) is 6.07 Å². The third-order valence-electron chi connectivity index (χ3n) is 3.20. The topological polar surface area (TPSA) is 66.8 Å². The molecule has 20 heavy (non-hydrogen) atoms. The van der Waals surface area contributed by atoms with Gasteiger partial charge in [-0.25, -0.2) is 9.18 Å². The molecular formula is C13H13BrFNO4. The van der Waals surface area contributed by atoms with E-state index in [1.807, 2.05) is 0 Å². The van der Waals surface area contributed by atoms with Crippen molar-refractivity contribution in [1.82, 2.24) is 4.90 Å². The normalized spacial score (nSPS) is 21.9. The van der Waals surface area contributed by atoms with Gasteiger partial charge in [-0.15, -0.1) is 0 Å². The van der Waals surface area contributed by atoms with Gasteiger partial charge < -0.3 is 14.7 Å². The van der Waals surface area contributed by atoms with Crippen molar-refractivity contribution >= 4 is 27.8 Å². The monoisotopic (exact) mass is 345 g/mol. The van der Waals surface area contributed by atoms with E-state index in [1.54, 1.807) is 0 Å². The summed E-state index contributed by atoms with van der Waals surface area (Å²) in [5, 5.41) is 9.63. The van der Waals surface area contributed by atoms with Crippen LogP contribution in [0.4, 0.5) is 4.39 Å². The number of halogens is 2. The number of carbonyl (C=O) groups excluding carboxylic acids is 2. The van der Waals surface area contributed by atoms with Crippen LogP contribution in [-0.2, 0) is 9.53 Å². The number of likely N-dealkylation sites (tertiary alicyclic amines) is 1. The molecule has 1 amide bonds. The van der Waals surface area contributed by atoms with Gasteiger partial charge in [0, 0.05) is 13.0 Å². The van der Waals surface area contributed by atoms with E-state index in [2.05, 4.69) is 20.7 Å². The molecule has 1 aromatic carbocycles. The van der Waals surface area contributed by atoms with Crippen molar-refractivity contribution < 1.29 is 23.8 Å². The maximum absolute atomic E-state index is 13.9. The number of rotatable bonds is 2. The van der Waals surface area contributed by atoms with Crippen LogP contribution in [0.15, 0.2) is 22.7 Å². The summed E-state index contributed by atoms with van der Waals surface area (Å²) in [6.07, 6.45) is -0.730. The fourth-order valence-corrected chi connectivity index (χ4v) is 2.59. The largest absolute Gasteiger partial charge is 0.467 e. The molecule has 1 aromatic rings. The quantitative estimate of drug-likeness (QED) is 0.821. The van der Waals surface area contributed by atoms with E-state index < -0.39 is 29.8 Å². The highest BCUT2D eigenvalue weighted by Gasteiger charge is 2.40. The Morgan fingerprint density at radius 1 is 1.50 bits per heavy atom. The summed E-state index contributed by atoms with van der Waals surface area (Å²) in [5.41, 5.74) is -0.151. The molecular weight excluding hydrogens is 333 g/mol. The molecule has 1 N–H and O–H groups in total. The van der Waals surface area contributed by atoms with Crippen LogP contribution in [0.25, 0.3) is 0 Å². The van der Waals surface area contributed by atoms with Gasteiger partial charge in [0.15, 0.2) is 0 Å². The molecule has 7 heteroatoms. The van der Waals surface area contributed by atoms with Crippen molar-refractivity contribution in [3.8, 4) is 0 Å². The Hall–Kier alpha value is -1.47. The third kappa shape index (κ3) is 2.69. The van der Waals surface area contributed by atoms with Crippen LogP contribution < -0.4 is 0 Å². The molecule has 0 aromatic heterocycles. The second-order valence-corrected chi connectivity index (χ2v) is 5.34. The van der Waals surface area contributed by atoms with Crippen LogP contribution in [0.5, 0.6) is 0 Å². The number of β-amino-alcohol motifs (C(OH)–C–C–N with tert-alkyl or cyclic N) is 1. The minimum absolute atomic E-state index is 0.0233. The first-order valence-corrected chi connectivity index (χ1v) is 6.76. The Morgan fingerprint density at radius 2 is 2.20 bits per heavy atom. The van der Waals surface area contributed by atoms with E-state index in [4.69, 9.17) is 0 Å². The van der Waals surface area contributed by atoms with Crippen LogP contribution in [0.2, 0.25) is 0 Å². The van der Waals surface area contributed by atoms with E-state index in [0.29, 0.717) is 0 Å². The summed E-state index contributed by atoms with van der Waals surface area (Å²) in [6, 6.07) is 3.45. The molecule has 1 aliphatic heterocycles. The molecule has 1 fully saturated rings. The molecule has 0 saturated carbocycles. The number of esters is 1. The fourth-order valence-electron chi connectivity index (χ4n) is 2.22. The van der Waals surface area contributed by atoms with E-state index >= 15 is 0 Å². The zero-order chi connectivity index (χ0) is 14.9. The third-order valence-corrected chi connectivity index (χ3v) is 3.81. The number of amides is 1. The summed E-state index contributed by atoms with van der Waals surface area (Å²) >= 11 is 3.01. The Kier molecular flexibility index (Phi) is 4.39. The molecule has 0 bridgehead atoms. The molecule has 1 aliphatic rings. The Bertz CT molecular complexity index is 551. The molecule has 0 aliphatic carbocycles. The number of benzene rings is 1. The number of aliphatic hydroxyl groups excluding tert-OH is 1. The molecule has 1 saturated heterocycles. The lowest BCUT2D eigenvalue weighted by molar-refractivity contribution is -0.145. The number of hydrogen-bond acceptors (Lipinski definition) is 4. The Morgan fingerprint density at radius 3 is 2.85 bits per heavy atom. The Balaban J connectivity index is 2.31. The second kappa shape index (κ2) is 5.88. The molecule has 108 valence electrons. The molecule has 2 atom stereocenters. The summed E-state index contributed by atoms with van der Waals surface area (Å²) in [6.45, 7) is -0.0233. The number of nitrogens with zero attached hydrogens (tertiary/aromatic N) is 1. The molecule has 2 rings (SSSR count). The smallest absolute Gasteiger partial charge is 0.328 e. The maximum Gasteiger partial charge on any atom is 0.328 e. The minimum atomic E-state index is -0.888. The van der Waals surface area contributed by atoms with Crippen LogP contribution >= 0.6 is 15.9 Å². The molecule has 0 radical (unpaired) electrons. The first kappa shape index (κ1) is 14.9. The van der Waals surface area contributed by atoms with E-state index in [0.717, 1.165) is 4.90 Å². The molecule has 5 nitrogen and oxygen atoms in total. The van der Waals surface area contributed by atoms with E-state index in [-0.39, 0.29) is 23.0 Å². The lowest BCUT2D eigenvalue weighted by atomic mass is 10.1. The first-order chi connectivity index (χ1) is 9.45. The van der Waals surface area contributed by atoms with Crippen molar-refractivity contribution in [3.63, 3.8) is 0 Å². The lowest BCUT2D eigenvalue weighted by Crippen LogP contribution is -2.41. The van der Waals surface area contributed by atoms with Crippen molar-refractivity contribution in [2.45, 2.75) is 18.6 Å². The highest BCUT2D eigenvalue weighted by molar-refractivity contribution is 9.10. The van der Waals surface area contributed by atoms with Gasteiger partial charge >= 0.3 is 5.97 Å². The lowest BCUT2D eigenvalue weighted by Gasteiger charge is -2.22. The number of methoxy groups -OCH3 is 1. The van der Waals surface area contributed by atoms with Crippen LogP contribution in [-0.4, -0.2) is 47.7 Å². The van der Waals surface area contributed by atoms with Gasteiger partial charge in [-0.3, -0.25) is 4.79 Å². The summed E-state index contributed by atoms with van der Waals surface area (Å²) in [5.74, 6) is -1.96. The zero-order valence-electron chi connectivity index (χ0n) is 10.7. The predicted octanol–water partition coefficient (Wildman–Crippen LogP) is 1.34. The first-order valence-electron chi connectivity index (χ1n) is 5.96. The van der Waals surface area contributed by atoms with Crippen molar-refractivity contribution in [3.05, 3.63) is 34.1 Å². The van der Waals surface area contributed by atoms with Gasteiger partial charge in [0.1, 0.15) is 11.9 Å². The van der Waals surface area contributed by atoms with Gasteiger partial charge in [0.05, 0.1) is 23.2 Å². The van der Waals surface area contributed by atoms with Crippen LogP contribution in [0.1, 0.15) is 16.8 Å². The fraction of sp³-hybridized carbons (Fsp3) is 0.385. The average molecular weight is 346 g/mol. The molecule has 2 unspecified atom stereocenters. The van der Waals surface area contributed by atoms with Crippen molar-refractivity contribution in [1.29, 1.82) is 0 Å². The zero-order valence-corrected chi connectivity index (χ0v) is 12.3. The number of carbonyl (C=O) groups is 2. The van der Waals surface area contributed by atoms with E-state index in [9.17, 15) is 19.1 Å². The van der Waals surface area contributed by atoms with E-state index in [1.165, 1.54) is 25.3 Å². The average Bonchev–Trinajstić information content (AvgIpc) is 2.82. The van der Waals surface area contributed by atoms with Crippen molar-refractivity contribution in [2.75, 3.05) is 13.7 Å². The molecule has 1 heterocycles. The Labute approximate surface area is 123 Å². The van der Waals surface area contributed by atoms with Gasteiger partial charge in [0.2, 0.25) is 0 Å². The summed E-state index contributed by atoms with van der Waals surface area (Å²) < 4.78 is 18.7. The summed E-state index contributed by atoms with van der Waals surface area (Å²) in [4.78, 5) is 25.1. The molecule has 0 spiro atoms. The highest BCUT2D eigenvalue weighted by Crippen LogP contribution is 2.25. The minimum Gasteiger partial charge on any atom is -0.467 e. The van der Waals surface area contributed by atoms with Gasteiger partial charge in [-0.05, 0) is 28.1 Å². The highest BCUT2D eigenvalue weighted by atomic mass is 79.9. The van der Waals surface area contributed by atoms with Crippen LogP contribution in [0.3, 0.4) is 0 Å². The summed E-state index contributed by atoms with van der Waals surface area (Å²) in [7, 11) is 1.20. The number of ether oxygens (including phenoxy) is 1. The second-order valence-electron chi connectivity index (χ2n) is 4.49. The predicted molar refractivity (Wildman–Crippen MR) is 71.6 cm³/mol. The van der Waals surface area contributed by atoms with Gasteiger partial charge in [-0.2, -0.15) is 0 Å². The standard InChI is InChI=1S/C13H13BrFNO4/c1-20-13(19)10-5-7(17)6-16(10)12(18)8-3-2-4-9(14)11(8)15/h2-4,7,10,17H,5-6H2,1H3. The maximum atomic E-state index is 13.9. The number of hydrogen-bond donors (Lipinski definition) is 1. The van der Waals surface area contributed by atoms with Crippen LogP contribution in [0, 0.1) is 5.82 Å². The number of aliphatic hydroxyl groups is 1. The van der Waals surface area contributed by atoms with Gasteiger partial charge in [0.25, 0.3) is 5.91 Å². The van der Waals surface area contributed by atoms with Crippen molar-refractivity contribution in [2.24, 2.45) is 0 Å².